The summed E-state index contributed by atoms with van der Waals surface area (Å²) in [7, 11) is 1.94. The first kappa shape index (κ1) is 24.1. The number of nitrogens with zero attached hydrogens (tertiary/aromatic N) is 2. The molecule has 0 aliphatic carbocycles. The van der Waals surface area contributed by atoms with Gasteiger partial charge in [0.05, 0.1) is 11.2 Å². The summed E-state index contributed by atoms with van der Waals surface area (Å²) in [6.45, 7) is 1.60. The number of aryl methyl sites for hydroxylation is 1. The second kappa shape index (κ2) is 11.1. The summed E-state index contributed by atoms with van der Waals surface area (Å²) in [6, 6.07) is 5.60. The van der Waals surface area contributed by atoms with Crippen LogP contribution < -0.4 is 5.32 Å². The van der Waals surface area contributed by atoms with E-state index in [2.05, 4.69) is 10.3 Å². The lowest BCUT2D eigenvalue weighted by atomic mass is 10.1. The maximum atomic E-state index is 12.4. The van der Waals surface area contributed by atoms with Crippen LogP contribution in [0.5, 0.6) is 0 Å². The number of nitrogens with one attached hydrogen (secondary N) is 1. The van der Waals surface area contributed by atoms with Gasteiger partial charge in [-0.15, -0.1) is 24.8 Å². The average Bonchev–Trinajstić information content (AvgIpc) is 3.08. The van der Waals surface area contributed by atoms with Crippen LogP contribution in [0.3, 0.4) is 0 Å². The van der Waals surface area contributed by atoms with Crippen LogP contribution >= 0.6 is 48.0 Å². The molecule has 3 rings (SSSR count). The molecule has 1 amide bonds. The first-order chi connectivity index (χ1) is 12.1. The molecule has 2 heterocycles. The number of amides is 1. The number of carbonyl (C=O) groups excluding carboxylic acids is 1. The SMILES string of the molecule is CNC1CCCN(C(=O)CCc2ncc(-c3ccc(Cl)cc3Cl)o2)C1.Cl.Cl. The van der Waals surface area contributed by atoms with Crippen LogP contribution in [0.1, 0.15) is 25.2 Å². The Labute approximate surface area is 181 Å². The topological polar surface area (TPSA) is 58.4 Å². The molecule has 150 valence electrons. The van der Waals surface area contributed by atoms with Gasteiger partial charge in [0.25, 0.3) is 0 Å². The average molecular weight is 455 g/mol. The van der Waals surface area contributed by atoms with Gasteiger partial charge in [0.1, 0.15) is 0 Å². The minimum Gasteiger partial charge on any atom is -0.441 e. The molecule has 1 unspecified atom stereocenters. The molecule has 0 spiro atoms. The van der Waals surface area contributed by atoms with Crippen molar-refractivity contribution in [3.8, 4) is 11.3 Å². The van der Waals surface area contributed by atoms with Gasteiger partial charge in [-0.1, -0.05) is 23.2 Å². The van der Waals surface area contributed by atoms with E-state index in [9.17, 15) is 4.79 Å². The van der Waals surface area contributed by atoms with Crippen molar-refractivity contribution in [1.29, 1.82) is 0 Å². The molecule has 1 atom stereocenters. The number of hydrogen-bond donors (Lipinski definition) is 1. The maximum Gasteiger partial charge on any atom is 0.223 e. The lowest BCUT2D eigenvalue weighted by Gasteiger charge is -2.32. The number of carbonyl (C=O) groups is 1. The maximum absolute atomic E-state index is 12.4. The standard InChI is InChI=1S/C18H21Cl2N3O2.2ClH/c1-21-13-3-2-8-23(11-13)18(24)7-6-17-22-10-16(25-17)14-5-4-12(19)9-15(14)20;;/h4-5,9-10,13,21H,2-3,6-8,11H2,1H3;2*1H. The summed E-state index contributed by atoms with van der Waals surface area (Å²) in [6.07, 6.45) is 4.66. The number of rotatable bonds is 5. The van der Waals surface area contributed by atoms with Crippen molar-refractivity contribution in [3.05, 3.63) is 40.3 Å². The van der Waals surface area contributed by atoms with Crippen LogP contribution in [0.15, 0.2) is 28.8 Å². The van der Waals surface area contributed by atoms with E-state index in [0.717, 1.165) is 31.5 Å². The highest BCUT2D eigenvalue weighted by atomic mass is 35.5. The molecule has 1 saturated heterocycles. The van der Waals surface area contributed by atoms with Gasteiger partial charge in [0.15, 0.2) is 11.7 Å². The van der Waals surface area contributed by atoms with Crippen molar-refractivity contribution in [1.82, 2.24) is 15.2 Å². The lowest BCUT2D eigenvalue weighted by molar-refractivity contribution is -0.132. The van der Waals surface area contributed by atoms with Gasteiger partial charge in [0, 0.05) is 42.6 Å². The molecule has 0 radical (unpaired) electrons. The first-order valence-corrected chi connectivity index (χ1v) is 9.17. The van der Waals surface area contributed by atoms with Gasteiger partial charge < -0.3 is 14.6 Å². The van der Waals surface area contributed by atoms with Gasteiger partial charge in [-0.25, -0.2) is 4.98 Å². The zero-order valence-electron chi connectivity index (χ0n) is 14.9. The minimum atomic E-state index is 0. The van der Waals surface area contributed by atoms with E-state index >= 15 is 0 Å². The van der Waals surface area contributed by atoms with Crippen molar-refractivity contribution in [2.45, 2.75) is 31.7 Å². The number of oxazole rings is 1. The molecule has 1 N–H and O–H groups in total. The number of benzene rings is 1. The van der Waals surface area contributed by atoms with Crippen LogP contribution in [0, 0.1) is 0 Å². The summed E-state index contributed by atoms with van der Waals surface area (Å²) in [5.41, 5.74) is 0.740. The van der Waals surface area contributed by atoms with Crippen molar-refractivity contribution in [2.75, 3.05) is 20.1 Å². The smallest absolute Gasteiger partial charge is 0.223 e. The molecule has 1 aliphatic heterocycles. The van der Waals surface area contributed by atoms with E-state index in [1.807, 2.05) is 11.9 Å². The number of likely N-dealkylation sites (N-methyl/N-ethyl adjacent to an activating group) is 1. The number of halogens is 4. The Morgan fingerprint density at radius 3 is 2.85 bits per heavy atom. The molecule has 1 aliphatic rings. The van der Waals surface area contributed by atoms with Gasteiger partial charge >= 0.3 is 0 Å². The van der Waals surface area contributed by atoms with E-state index in [-0.39, 0.29) is 30.7 Å². The van der Waals surface area contributed by atoms with Crippen LogP contribution in [0.4, 0.5) is 0 Å². The Morgan fingerprint density at radius 2 is 2.15 bits per heavy atom. The second-order valence-electron chi connectivity index (χ2n) is 6.21. The molecule has 1 aromatic carbocycles. The Bertz CT molecular complexity index is 754. The fourth-order valence-electron chi connectivity index (χ4n) is 3.05. The van der Waals surface area contributed by atoms with Crippen LogP contribution in [-0.4, -0.2) is 42.0 Å². The van der Waals surface area contributed by atoms with Gasteiger partial charge in [-0.2, -0.15) is 0 Å². The fraction of sp³-hybridized carbons (Fsp3) is 0.444. The van der Waals surface area contributed by atoms with E-state index < -0.39 is 0 Å². The lowest BCUT2D eigenvalue weighted by Crippen LogP contribution is -2.47. The third-order valence-corrected chi connectivity index (χ3v) is 5.03. The molecule has 0 saturated carbocycles. The summed E-state index contributed by atoms with van der Waals surface area (Å²) in [4.78, 5) is 18.6. The van der Waals surface area contributed by atoms with Gasteiger partial charge in [0.2, 0.25) is 5.91 Å². The molecule has 2 aromatic rings. The molecule has 9 heteroatoms. The minimum absolute atomic E-state index is 0. The van der Waals surface area contributed by atoms with Crippen molar-refractivity contribution in [2.24, 2.45) is 0 Å². The zero-order valence-corrected chi connectivity index (χ0v) is 18.1. The number of aromatic nitrogens is 1. The van der Waals surface area contributed by atoms with Crippen molar-refractivity contribution in [3.63, 3.8) is 0 Å². The third-order valence-electron chi connectivity index (χ3n) is 4.49. The quantitative estimate of drug-likeness (QED) is 0.715. The van der Waals surface area contributed by atoms with Crippen molar-refractivity contribution < 1.29 is 9.21 Å². The predicted octanol–water partition coefficient (Wildman–Crippen LogP) is 4.64. The highest BCUT2D eigenvalue weighted by molar-refractivity contribution is 6.36. The largest absolute Gasteiger partial charge is 0.441 e. The Morgan fingerprint density at radius 1 is 1.37 bits per heavy atom. The number of piperidine rings is 1. The van der Waals surface area contributed by atoms with Crippen molar-refractivity contribution >= 4 is 53.9 Å². The molecule has 5 nitrogen and oxygen atoms in total. The normalized spacial score (nSPS) is 16.4. The summed E-state index contributed by atoms with van der Waals surface area (Å²) < 4.78 is 5.75. The monoisotopic (exact) mass is 453 g/mol. The highest BCUT2D eigenvalue weighted by Gasteiger charge is 2.22. The molecule has 27 heavy (non-hydrogen) atoms. The molecular formula is C18H23Cl4N3O2. The van der Waals surface area contributed by atoms with Crippen LogP contribution in [0.25, 0.3) is 11.3 Å². The van der Waals surface area contributed by atoms with Gasteiger partial charge in [-0.3, -0.25) is 4.79 Å². The van der Waals surface area contributed by atoms with E-state index in [1.165, 1.54) is 0 Å². The predicted molar refractivity (Wildman–Crippen MR) is 113 cm³/mol. The van der Waals surface area contributed by atoms with Crippen LogP contribution in [-0.2, 0) is 11.2 Å². The summed E-state index contributed by atoms with van der Waals surface area (Å²) in [5.74, 6) is 1.26. The zero-order chi connectivity index (χ0) is 17.8. The number of likely N-dealkylation sites (tertiary alicyclic amines) is 1. The Hall–Kier alpha value is -0.980. The van der Waals surface area contributed by atoms with E-state index in [0.29, 0.717) is 40.6 Å². The summed E-state index contributed by atoms with van der Waals surface area (Å²) >= 11 is 12.1. The fourth-order valence-corrected chi connectivity index (χ4v) is 3.55. The Balaban J connectivity index is 0.00000182. The summed E-state index contributed by atoms with van der Waals surface area (Å²) in [5, 5.41) is 4.33. The van der Waals surface area contributed by atoms with Gasteiger partial charge in [-0.05, 0) is 38.1 Å². The number of hydrogen-bond acceptors (Lipinski definition) is 4. The van der Waals surface area contributed by atoms with Crippen LogP contribution in [0.2, 0.25) is 10.0 Å². The molecule has 1 aromatic heterocycles. The van der Waals surface area contributed by atoms with E-state index in [4.69, 9.17) is 27.6 Å². The molecule has 0 bridgehead atoms. The Kier molecular flexibility index (Phi) is 9.91. The first-order valence-electron chi connectivity index (χ1n) is 8.42. The highest BCUT2D eigenvalue weighted by Crippen LogP contribution is 2.30. The molecular weight excluding hydrogens is 432 g/mol. The second-order valence-corrected chi connectivity index (χ2v) is 7.05. The van der Waals surface area contributed by atoms with E-state index in [1.54, 1.807) is 24.4 Å². The molecule has 1 fully saturated rings. The third kappa shape index (κ3) is 6.26.